The quantitative estimate of drug-likeness (QED) is 0.0610. The fourth-order valence-corrected chi connectivity index (χ4v) is 9.26. The first kappa shape index (κ1) is 38.8. The zero-order valence-corrected chi connectivity index (χ0v) is 30.9. The summed E-state index contributed by atoms with van der Waals surface area (Å²) in [5.41, 5.74) is -7.32. The molecule has 4 N–H and O–H groups in total. The van der Waals surface area contributed by atoms with Crippen LogP contribution in [0.3, 0.4) is 0 Å². The molecule has 8 nitrogen and oxygen atoms in total. The molecule has 0 aliphatic rings. The van der Waals surface area contributed by atoms with Crippen LogP contribution in [0.5, 0.6) is 11.5 Å². The third kappa shape index (κ3) is 8.12. The van der Waals surface area contributed by atoms with Gasteiger partial charge in [-0.25, -0.2) is 9.97 Å². The van der Waals surface area contributed by atoms with Crippen LogP contribution in [0.25, 0.3) is 20.4 Å². The van der Waals surface area contributed by atoms with E-state index in [4.69, 9.17) is 23.2 Å². The third-order valence-electron chi connectivity index (χ3n) is 7.57. The lowest BCUT2D eigenvalue weighted by Crippen LogP contribution is -2.54. The SMILES string of the molecule is O=C(CSc1nc2cc(Cl)ccc2s1)Nc1ccc(C(c2ccc(NC(=O)CSc3nc4cc(Cl)ccc4s3)c(O)c2)(C(F)(F)F)C(F)(F)F)cc1O. The van der Waals surface area contributed by atoms with Crippen LogP contribution in [0.2, 0.25) is 10.0 Å². The molecule has 0 bridgehead atoms. The third-order valence-corrected chi connectivity index (χ3v) is 12.4. The van der Waals surface area contributed by atoms with Gasteiger partial charge in [0, 0.05) is 10.0 Å². The molecule has 2 amide bonds. The van der Waals surface area contributed by atoms with E-state index in [2.05, 4.69) is 20.6 Å². The van der Waals surface area contributed by atoms with E-state index in [1.54, 1.807) is 36.4 Å². The molecule has 53 heavy (non-hydrogen) atoms. The lowest BCUT2D eigenvalue weighted by molar-refractivity contribution is -0.288. The second-order valence-electron chi connectivity index (χ2n) is 11.1. The van der Waals surface area contributed by atoms with E-state index in [1.807, 2.05) is 0 Å². The van der Waals surface area contributed by atoms with E-state index in [0.29, 0.717) is 54.0 Å². The molecule has 2 aromatic heterocycles. The van der Waals surface area contributed by atoms with Crippen LogP contribution in [0.1, 0.15) is 11.1 Å². The van der Waals surface area contributed by atoms with Gasteiger partial charge in [-0.3, -0.25) is 9.59 Å². The number of amides is 2. The van der Waals surface area contributed by atoms with Crippen LogP contribution < -0.4 is 10.6 Å². The second-order valence-corrected chi connectivity index (χ2v) is 16.4. The summed E-state index contributed by atoms with van der Waals surface area (Å²) >= 11 is 16.5. The molecule has 20 heteroatoms. The molecule has 0 atom stereocenters. The van der Waals surface area contributed by atoms with Crippen molar-refractivity contribution in [2.75, 3.05) is 22.1 Å². The maximum atomic E-state index is 14.8. The largest absolute Gasteiger partial charge is 0.506 e. The Morgan fingerprint density at radius 1 is 0.642 bits per heavy atom. The van der Waals surface area contributed by atoms with Gasteiger partial charge in [-0.1, -0.05) is 58.9 Å². The monoisotopic (exact) mass is 848 g/mol. The van der Waals surface area contributed by atoms with Crippen molar-refractivity contribution >= 4 is 113 Å². The number of fused-ring (bicyclic) bond motifs is 2. The minimum Gasteiger partial charge on any atom is -0.506 e. The Morgan fingerprint density at radius 2 is 1.04 bits per heavy atom. The van der Waals surface area contributed by atoms with Crippen molar-refractivity contribution in [1.29, 1.82) is 0 Å². The number of aromatic nitrogens is 2. The van der Waals surface area contributed by atoms with Gasteiger partial charge in [-0.15, -0.1) is 22.7 Å². The van der Waals surface area contributed by atoms with Crippen LogP contribution in [0.4, 0.5) is 37.7 Å². The summed E-state index contributed by atoms with van der Waals surface area (Å²) in [6, 6.07) is 13.0. The highest BCUT2D eigenvalue weighted by molar-refractivity contribution is 8.02. The fourth-order valence-electron chi connectivity index (χ4n) is 5.23. The van der Waals surface area contributed by atoms with Crippen molar-refractivity contribution < 1.29 is 46.1 Å². The molecule has 0 fully saturated rings. The van der Waals surface area contributed by atoms with Gasteiger partial charge in [-0.2, -0.15) is 26.3 Å². The number of thiazole rings is 2. The van der Waals surface area contributed by atoms with E-state index in [0.717, 1.165) is 32.9 Å². The van der Waals surface area contributed by atoms with Crippen LogP contribution in [0.15, 0.2) is 81.5 Å². The summed E-state index contributed by atoms with van der Waals surface area (Å²) in [5.74, 6) is -4.09. The van der Waals surface area contributed by atoms with Gasteiger partial charge in [0.05, 0.1) is 43.3 Å². The highest BCUT2D eigenvalue weighted by Gasteiger charge is 2.72. The number of hydrogen-bond donors (Lipinski definition) is 4. The van der Waals surface area contributed by atoms with E-state index in [1.165, 1.54) is 22.7 Å². The van der Waals surface area contributed by atoms with E-state index >= 15 is 0 Å². The van der Waals surface area contributed by atoms with Crippen molar-refractivity contribution in [3.63, 3.8) is 0 Å². The average Bonchev–Trinajstić information content (AvgIpc) is 3.67. The van der Waals surface area contributed by atoms with Crippen molar-refractivity contribution in [2.24, 2.45) is 0 Å². The maximum absolute atomic E-state index is 14.8. The first-order valence-electron chi connectivity index (χ1n) is 14.7. The lowest BCUT2D eigenvalue weighted by Gasteiger charge is -2.38. The Labute approximate surface area is 321 Å². The Balaban J connectivity index is 1.20. The molecular formula is C33H20Cl2F6N4O4S4. The second kappa shape index (κ2) is 15.1. The smallest absolute Gasteiger partial charge is 0.411 e. The predicted molar refractivity (Wildman–Crippen MR) is 197 cm³/mol. The van der Waals surface area contributed by atoms with E-state index in [-0.39, 0.29) is 23.6 Å². The van der Waals surface area contributed by atoms with Crippen LogP contribution >= 0.6 is 69.4 Å². The van der Waals surface area contributed by atoms with E-state index in [9.17, 15) is 46.1 Å². The molecule has 0 spiro atoms. The Hall–Kier alpha value is -3.94. The van der Waals surface area contributed by atoms with Gasteiger partial charge < -0.3 is 20.8 Å². The molecule has 276 valence electrons. The summed E-state index contributed by atoms with van der Waals surface area (Å²) < 4.78 is 91.4. The number of nitrogens with zero attached hydrogens (tertiary/aromatic N) is 2. The molecule has 6 aromatic rings. The standard InChI is InChI=1S/C33H20Cl2F6N4O4S4/c34-17-3-7-25-21(11-17)44-29(52-25)50-13-27(48)42-19-5-1-15(9-23(19)46)31(32(36,37)38,33(39,40)41)16-2-6-20(24(47)10-16)43-28(49)14-51-30-45-22-12-18(35)4-8-26(22)53-30/h1-12,46-47H,13-14H2,(H,42,48)(H,43,49). The molecular weight excluding hydrogens is 830 g/mol. The molecule has 4 aromatic carbocycles. The topological polar surface area (TPSA) is 124 Å². The highest BCUT2D eigenvalue weighted by Crippen LogP contribution is 2.57. The predicted octanol–water partition coefficient (Wildman–Crippen LogP) is 10.5. The fraction of sp³-hybridized carbons (Fsp3) is 0.152. The molecule has 0 aliphatic carbocycles. The minimum absolute atomic E-state index is 0.248. The van der Waals surface area contributed by atoms with Crippen LogP contribution in [-0.4, -0.2) is 55.9 Å². The van der Waals surface area contributed by atoms with Gasteiger partial charge in [0.2, 0.25) is 17.2 Å². The van der Waals surface area contributed by atoms with Gasteiger partial charge in [0.25, 0.3) is 0 Å². The zero-order valence-electron chi connectivity index (χ0n) is 26.1. The normalized spacial score (nSPS) is 12.4. The number of benzene rings is 4. The number of carbonyl (C=O) groups excluding carboxylic acids is 2. The molecule has 6 rings (SSSR count). The number of halogens is 8. The van der Waals surface area contributed by atoms with Gasteiger partial charge in [0.1, 0.15) is 11.5 Å². The number of hydrogen-bond acceptors (Lipinski definition) is 10. The molecule has 0 saturated carbocycles. The number of nitrogens with one attached hydrogen (secondary N) is 2. The first-order valence-corrected chi connectivity index (χ1v) is 19.1. The number of phenolic OH excluding ortho intramolecular Hbond substituents is 2. The number of rotatable bonds is 10. The van der Waals surface area contributed by atoms with Crippen molar-refractivity contribution in [2.45, 2.75) is 26.4 Å². The number of alkyl halides is 6. The molecule has 0 unspecified atom stereocenters. The van der Waals surface area contributed by atoms with Crippen LogP contribution in [-0.2, 0) is 15.0 Å². The van der Waals surface area contributed by atoms with Crippen LogP contribution in [0, 0.1) is 0 Å². The highest BCUT2D eigenvalue weighted by atomic mass is 35.5. The summed E-state index contributed by atoms with van der Waals surface area (Å²) in [6.07, 6.45) is -12.1. The first-order chi connectivity index (χ1) is 24.9. The average molecular weight is 850 g/mol. The van der Waals surface area contributed by atoms with Crippen molar-refractivity contribution in [3.8, 4) is 11.5 Å². The van der Waals surface area contributed by atoms with Crippen molar-refractivity contribution in [3.05, 3.63) is 94.0 Å². The Morgan fingerprint density at radius 3 is 1.40 bits per heavy atom. The Kier molecular flexibility index (Phi) is 11.0. The van der Waals surface area contributed by atoms with Gasteiger partial charge in [0.15, 0.2) is 8.68 Å². The minimum atomic E-state index is -6.06. The summed E-state index contributed by atoms with van der Waals surface area (Å²) in [5, 5.41) is 26.7. The Bertz CT molecular complexity index is 2210. The number of carbonyl (C=O) groups is 2. The number of phenols is 2. The van der Waals surface area contributed by atoms with Gasteiger partial charge in [-0.05, 0) is 71.8 Å². The van der Waals surface area contributed by atoms with E-state index < -0.39 is 63.6 Å². The molecule has 0 aliphatic heterocycles. The molecule has 0 radical (unpaired) electrons. The zero-order chi connectivity index (χ0) is 38.3. The lowest BCUT2D eigenvalue weighted by atomic mass is 9.72. The summed E-state index contributed by atoms with van der Waals surface area (Å²) in [4.78, 5) is 33.9. The molecule has 2 heterocycles. The summed E-state index contributed by atoms with van der Waals surface area (Å²) in [6.45, 7) is 0. The maximum Gasteiger partial charge on any atom is 0.411 e. The summed E-state index contributed by atoms with van der Waals surface area (Å²) in [7, 11) is 0. The van der Waals surface area contributed by atoms with Crippen molar-refractivity contribution in [1.82, 2.24) is 9.97 Å². The number of thioether (sulfide) groups is 2. The number of aromatic hydroxyl groups is 2. The molecule has 0 saturated heterocycles. The van der Waals surface area contributed by atoms with Gasteiger partial charge >= 0.3 is 12.4 Å². The number of anilines is 2.